The molecule has 0 aromatic carbocycles. The zero-order chi connectivity index (χ0) is 15.2. The lowest BCUT2D eigenvalue weighted by molar-refractivity contribution is 0.108. The van der Waals surface area contributed by atoms with E-state index in [2.05, 4.69) is 20.1 Å². The number of rotatable bonds is 6. The molecule has 3 rings (SSSR count). The molecule has 0 spiro atoms. The fourth-order valence-electron chi connectivity index (χ4n) is 3.06. The molecular weight excluding hydrogens is 280 g/mol. The zero-order valence-corrected chi connectivity index (χ0v) is 12.7. The first-order valence-corrected chi connectivity index (χ1v) is 7.94. The summed E-state index contributed by atoms with van der Waals surface area (Å²) in [6.45, 7) is 1.40. The topological polar surface area (TPSA) is 75.3 Å². The van der Waals surface area contributed by atoms with Crippen molar-refractivity contribution < 1.29 is 9.52 Å². The molecule has 0 radical (unpaired) electrons. The van der Waals surface area contributed by atoms with Gasteiger partial charge in [-0.05, 0) is 25.0 Å². The number of aliphatic hydroxyl groups is 1. The van der Waals surface area contributed by atoms with Crippen LogP contribution in [0.5, 0.6) is 0 Å². The molecule has 0 atom stereocenters. The third kappa shape index (κ3) is 3.69. The summed E-state index contributed by atoms with van der Waals surface area (Å²) in [7, 11) is 0. The van der Waals surface area contributed by atoms with Crippen molar-refractivity contribution >= 4 is 0 Å². The van der Waals surface area contributed by atoms with E-state index >= 15 is 0 Å². The van der Waals surface area contributed by atoms with Crippen molar-refractivity contribution in [3.8, 4) is 11.5 Å². The third-order valence-electron chi connectivity index (χ3n) is 4.19. The van der Waals surface area contributed by atoms with Crippen LogP contribution in [0.1, 0.15) is 38.0 Å². The second-order valence-electron chi connectivity index (χ2n) is 5.73. The zero-order valence-electron chi connectivity index (χ0n) is 12.7. The van der Waals surface area contributed by atoms with Gasteiger partial charge in [-0.25, -0.2) is 0 Å². The molecule has 0 bridgehead atoms. The largest absolute Gasteiger partial charge is 0.419 e. The second kappa shape index (κ2) is 7.47. The summed E-state index contributed by atoms with van der Waals surface area (Å²) in [4.78, 5) is 6.33. The molecule has 0 amide bonds. The molecule has 1 aliphatic carbocycles. The van der Waals surface area contributed by atoms with E-state index in [1.807, 2.05) is 12.1 Å². The fourth-order valence-corrected chi connectivity index (χ4v) is 3.06. The average Bonchev–Trinajstić information content (AvgIpc) is 3.05. The Bertz CT molecular complexity index is 567. The van der Waals surface area contributed by atoms with Crippen LogP contribution in [0.4, 0.5) is 0 Å². The van der Waals surface area contributed by atoms with Crippen LogP contribution < -0.4 is 0 Å². The monoisotopic (exact) mass is 302 g/mol. The Balaban J connectivity index is 1.69. The van der Waals surface area contributed by atoms with E-state index in [1.165, 1.54) is 32.1 Å². The molecule has 2 aromatic heterocycles. The van der Waals surface area contributed by atoms with Crippen molar-refractivity contribution in [2.45, 2.75) is 44.7 Å². The molecule has 22 heavy (non-hydrogen) atoms. The fraction of sp³-hybridized carbons (Fsp3) is 0.562. The Labute approximate surface area is 130 Å². The van der Waals surface area contributed by atoms with E-state index in [4.69, 9.17) is 4.42 Å². The number of hydrogen-bond acceptors (Lipinski definition) is 6. The Morgan fingerprint density at radius 3 is 2.82 bits per heavy atom. The van der Waals surface area contributed by atoms with E-state index < -0.39 is 0 Å². The van der Waals surface area contributed by atoms with Crippen LogP contribution in [0.3, 0.4) is 0 Å². The summed E-state index contributed by atoms with van der Waals surface area (Å²) >= 11 is 0. The van der Waals surface area contributed by atoms with E-state index in [9.17, 15) is 5.11 Å². The molecule has 2 aromatic rings. The first-order chi connectivity index (χ1) is 10.9. The first-order valence-electron chi connectivity index (χ1n) is 7.94. The summed E-state index contributed by atoms with van der Waals surface area (Å²) in [6.07, 6.45) is 9.63. The normalized spacial score (nSPS) is 16.3. The lowest BCUT2D eigenvalue weighted by atomic mass is 9.94. The smallest absolute Gasteiger partial charge is 0.249 e. The Kier molecular flexibility index (Phi) is 5.13. The Hall–Kier alpha value is -1.79. The Morgan fingerprint density at radius 2 is 2.09 bits per heavy atom. The van der Waals surface area contributed by atoms with Gasteiger partial charge in [0.2, 0.25) is 11.8 Å². The van der Waals surface area contributed by atoms with Gasteiger partial charge in [-0.1, -0.05) is 19.3 Å². The average molecular weight is 302 g/mol. The lowest BCUT2D eigenvalue weighted by Crippen LogP contribution is -2.38. The van der Waals surface area contributed by atoms with Gasteiger partial charge in [0, 0.05) is 25.0 Å². The van der Waals surface area contributed by atoms with Crippen LogP contribution in [0, 0.1) is 0 Å². The number of hydrogen-bond donors (Lipinski definition) is 1. The molecule has 0 aliphatic heterocycles. The van der Waals surface area contributed by atoms with Gasteiger partial charge in [0.1, 0.15) is 0 Å². The van der Waals surface area contributed by atoms with Crippen molar-refractivity contribution in [1.82, 2.24) is 20.1 Å². The van der Waals surface area contributed by atoms with Gasteiger partial charge in [0.25, 0.3) is 0 Å². The van der Waals surface area contributed by atoms with E-state index in [0.29, 0.717) is 30.9 Å². The summed E-state index contributed by atoms with van der Waals surface area (Å²) < 4.78 is 5.75. The number of pyridine rings is 1. The van der Waals surface area contributed by atoms with Crippen molar-refractivity contribution in [1.29, 1.82) is 0 Å². The van der Waals surface area contributed by atoms with Crippen molar-refractivity contribution in [3.63, 3.8) is 0 Å². The molecular formula is C16H22N4O2. The highest BCUT2D eigenvalue weighted by Crippen LogP contribution is 2.24. The molecule has 2 heterocycles. The SMILES string of the molecule is OCCN(Cc1nnc(-c2cccnc2)o1)C1CCCCC1. The number of aromatic nitrogens is 3. The maximum Gasteiger partial charge on any atom is 0.249 e. The van der Waals surface area contributed by atoms with Crippen molar-refractivity contribution in [3.05, 3.63) is 30.4 Å². The van der Waals surface area contributed by atoms with Gasteiger partial charge in [0.05, 0.1) is 18.7 Å². The minimum absolute atomic E-state index is 0.153. The molecule has 118 valence electrons. The van der Waals surface area contributed by atoms with Crippen LogP contribution >= 0.6 is 0 Å². The highest BCUT2D eigenvalue weighted by Gasteiger charge is 2.22. The van der Waals surface area contributed by atoms with E-state index in [-0.39, 0.29) is 6.61 Å². The highest BCUT2D eigenvalue weighted by molar-refractivity contribution is 5.49. The van der Waals surface area contributed by atoms with Gasteiger partial charge in [0.15, 0.2) is 0 Å². The Morgan fingerprint density at radius 1 is 1.23 bits per heavy atom. The summed E-state index contributed by atoms with van der Waals surface area (Å²) in [6, 6.07) is 4.26. The molecule has 1 saturated carbocycles. The highest BCUT2D eigenvalue weighted by atomic mass is 16.4. The standard InChI is InChI=1S/C16H22N4O2/c21-10-9-20(14-6-2-1-3-7-14)12-15-18-19-16(22-15)13-5-4-8-17-11-13/h4-5,8,11,14,21H,1-3,6-7,9-10,12H2. The second-order valence-corrected chi connectivity index (χ2v) is 5.73. The predicted octanol–water partition coefficient (Wildman–Crippen LogP) is 2.26. The molecule has 6 nitrogen and oxygen atoms in total. The molecule has 6 heteroatoms. The third-order valence-corrected chi connectivity index (χ3v) is 4.19. The van der Waals surface area contributed by atoms with Crippen LogP contribution in [-0.4, -0.2) is 44.4 Å². The van der Waals surface area contributed by atoms with Gasteiger partial charge < -0.3 is 9.52 Å². The number of nitrogens with zero attached hydrogens (tertiary/aromatic N) is 4. The molecule has 0 saturated heterocycles. The minimum Gasteiger partial charge on any atom is -0.419 e. The molecule has 0 unspecified atom stereocenters. The van der Waals surface area contributed by atoms with Crippen LogP contribution in [0.2, 0.25) is 0 Å². The molecule has 1 N–H and O–H groups in total. The van der Waals surface area contributed by atoms with Gasteiger partial charge in [-0.15, -0.1) is 10.2 Å². The predicted molar refractivity (Wildman–Crippen MR) is 81.9 cm³/mol. The van der Waals surface area contributed by atoms with Crippen LogP contribution in [-0.2, 0) is 6.54 Å². The summed E-state index contributed by atoms with van der Waals surface area (Å²) in [5.41, 5.74) is 0.827. The van der Waals surface area contributed by atoms with Crippen LogP contribution in [0.25, 0.3) is 11.5 Å². The summed E-state index contributed by atoms with van der Waals surface area (Å²) in [5, 5.41) is 17.6. The van der Waals surface area contributed by atoms with Crippen molar-refractivity contribution in [2.24, 2.45) is 0 Å². The van der Waals surface area contributed by atoms with Gasteiger partial charge in [-0.3, -0.25) is 9.88 Å². The number of aliphatic hydroxyl groups excluding tert-OH is 1. The van der Waals surface area contributed by atoms with Crippen LogP contribution in [0.15, 0.2) is 28.9 Å². The summed E-state index contributed by atoms with van der Waals surface area (Å²) in [5.74, 6) is 1.09. The van der Waals surface area contributed by atoms with E-state index in [0.717, 1.165) is 5.56 Å². The minimum atomic E-state index is 0.153. The van der Waals surface area contributed by atoms with Gasteiger partial charge in [-0.2, -0.15) is 0 Å². The quantitative estimate of drug-likeness (QED) is 0.882. The molecule has 1 aliphatic rings. The van der Waals surface area contributed by atoms with Crippen molar-refractivity contribution in [2.75, 3.05) is 13.2 Å². The lowest BCUT2D eigenvalue weighted by Gasteiger charge is -2.32. The van der Waals surface area contributed by atoms with Gasteiger partial charge >= 0.3 is 0 Å². The maximum atomic E-state index is 9.31. The molecule has 1 fully saturated rings. The first kappa shape index (κ1) is 15.1. The maximum absolute atomic E-state index is 9.31. The van der Waals surface area contributed by atoms with E-state index in [1.54, 1.807) is 12.4 Å².